The molecular weight excluding hydrogens is 222 g/mol. The van der Waals surface area contributed by atoms with E-state index in [9.17, 15) is 4.79 Å². The number of hydrogen-bond donors (Lipinski definition) is 1. The molecule has 1 aromatic carbocycles. The van der Waals surface area contributed by atoms with Crippen LogP contribution in [-0.4, -0.2) is 23.2 Å². The molecule has 0 aliphatic heterocycles. The third-order valence-electron chi connectivity index (χ3n) is 2.43. The number of carboxylic acids is 1. The van der Waals surface area contributed by atoms with Crippen LogP contribution in [0.3, 0.4) is 0 Å². The van der Waals surface area contributed by atoms with Crippen LogP contribution in [0.5, 0.6) is 5.75 Å². The van der Waals surface area contributed by atoms with Gasteiger partial charge in [-0.25, -0.2) is 9.78 Å². The molecule has 5 heteroatoms. The molecule has 0 atom stereocenters. The molecule has 2 aromatic rings. The van der Waals surface area contributed by atoms with Crippen molar-refractivity contribution in [3.05, 3.63) is 23.6 Å². The van der Waals surface area contributed by atoms with Crippen LogP contribution in [0.15, 0.2) is 16.5 Å². The Morgan fingerprint density at radius 1 is 1.53 bits per heavy atom. The number of methoxy groups -OCH3 is 1. The summed E-state index contributed by atoms with van der Waals surface area (Å²) in [5.41, 5.74) is 1.16. The van der Waals surface area contributed by atoms with Gasteiger partial charge in [-0.3, -0.25) is 0 Å². The number of aromatic carboxylic acids is 1. The molecule has 0 radical (unpaired) electrons. The van der Waals surface area contributed by atoms with Gasteiger partial charge in [0.15, 0.2) is 17.2 Å². The summed E-state index contributed by atoms with van der Waals surface area (Å²) >= 11 is 0. The highest BCUT2D eigenvalue weighted by atomic mass is 16.5. The van der Waals surface area contributed by atoms with Crippen LogP contribution in [0.4, 0.5) is 0 Å². The smallest absolute Gasteiger partial charge is 0.335 e. The van der Waals surface area contributed by atoms with Crippen molar-refractivity contribution in [3.8, 4) is 5.75 Å². The van der Waals surface area contributed by atoms with Crippen molar-refractivity contribution in [2.24, 2.45) is 0 Å². The molecule has 0 unspecified atom stereocenters. The van der Waals surface area contributed by atoms with Crippen molar-refractivity contribution < 1.29 is 19.1 Å². The Balaban J connectivity index is 2.60. The lowest BCUT2D eigenvalue weighted by Gasteiger charge is -2.01. The van der Waals surface area contributed by atoms with Crippen molar-refractivity contribution >= 4 is 17.1 Å². The molecule has 0 saturated carbocycles. The molecule has 1 N–H and O–H groups in total. The van der Waals surface area contributed by atoms with Gasteiger partial charge < -0.3 is 14.3 Å². The first-order valence-corrected chi connectivity index (χ1v) is 5.36. The normalized spacial score (nSPS) is 10.7. The van der Waals surface area contributed by atoms with Gasteiger partial charge in [-0.2, -0.15) is 0 Å². The molecule has 0 saturated heterocycles. The minimum Gasteiger partial charge on any atom is -0.493 e. The zero-order valence-electron chi connectivity index (χ0n) is 9.69. The Hall–Kier alpha value is -2.04. The average molecular weight is 235 g/mol. The first-order valence-electron chi connectivity index (χ1n) is 5.36. The summed E-state index contributed by atoms with van der Waals surface area (Å²) in [6, 6.07) is 2.93. The number of rotatable bonds is 4. The van der Waals surface area contributed by atoms with Gasteiger partial charge in [-0.05, 0) is 18.6 Å². The number of aromatic nitrogens is 1. The van der Waals surface area contributed by atoms with Crippen LogP contribution in [0.1, 0.15) is 29.6 Å². The summed E-state index contributed by atoms with van der Waals surface area (Å²) in [6.45, 7) is 2.02. The maximum absolute atomic E-state index is 10.9. The zero-order valence-corrected chi connectivity index (χ0v) is 9.69. The van der Waals surface area contributed by atoms with E-state index in [-0.39, 0.29) is 5.56 Å². The van der Waals surface area contributed by atoms with Crippen molar-refractivity contribution in [3.63, 3.8) is 0 Å². The molecule has 2 rings (SSSR count). The summed E-state index contributed by atoms with van der Waals surface area (Å²) in [6.07, 6.45) is 1.64. The minimum absolute atomic E-state index is 0.144. The van der Waals surface area contributed by atoms with E-state index in [0.717, 1.165) is 12.8 Å². The third-order valence-corrected chi connectivity index (χ3v) is 2.43. The number of hydrogen-bond acceptors (Lipinski definition) is 4. The Bertz CT molecular complexity index is 559. The average Bonchev–Trinajstić information content (AvgIpc) is 2.70. The van der Waals surface area contributed by atoms with Crippen LogP contribution in [0.2, 0.25) is 0 Å². The van der Waals surface area contributed by atoms with E-state index in [1.54, 1.807) is 0 Å². The highest BCUT2D eigenvalue weighted by molar-refractivity contribution is 5.94. The molecular formula is C12H13NO4. The van der Waals surface area contributed by atoms with Gasteiger partial charge in [0.25, 0.3) is 0 Å². The predicted octanol–water partition coefficient (Wildman–Crippen LogP) is 2.49. The number of carboxylic acid groups (broad SMARTS) is 1. The van der Waals surface area contributed by atoms with Crippen LogP contribution < -0.4 is 4.74 Å². The van der Waals surface area contributed by atoms with Gasteiger partial charge in [0, 0.05) is 6.42 Å². The van der Waals surface area contributed by atoms with E-state index in [1.165, 1.54) is 19.2 Å². The van der Waals surface area contributed by atoms with Crippen molar-refractivity contribution in [2.45, 2.75) is 19.8 Å². The second-order valence-corrected chi connectivity index (χ2v) is 3.69. The lowest BCUT2D eigenvalue weighted by Crippen LogP contribution is -1.97. The first kappa shape index (κ1) is 11.4. The number of carbonyl (C=O) groups is 1. The molecule has 5 nitrogen and oxygen atoms in total. The molecule has 17 heavy (non-hydrogen) atoms. The number of benzene rings is 1. The third kappa shape index (κ3) is 2.08. The second kappa shape index (κ2) is 4.45. The largest absolute Gasteiger partial charge is 0.493 e. The van der Waals surface area contributed by atoms with Crippen LogP contribution in [0.25, 0.3) is 11.1 Å². The van der Waals surface area contributed by atoms with E-state index < -0.39 is 5.97 Å². The van der Waals surface area contributed by atoms with Gasteiger partial charge in [0.05, 0.1) is 12.7 Å². The Kier molecular flexibility index (Phi) is 2.99. The zero-order chi connectivity index (χ0) is 12.4. The number of aryl methyl sites for hydroxylation is 1. The highest BCUT2D eigenvalue weighted by Gasteiger charge is 2.15. The molecule has 0 spiro atoms. The summed E-state index contributed by atoms with van der Waals surface area (Å²) in [5.74, 6) is -0.0108. The van der Waals surface area contributed by atoms with E-state index >= 15 is 0 Å². The standard InChI is InChI=1S/C12H13NO4/c1-3-4-10-13-8-5-7(12(14)15)6-9(16-2)11(8)17-10/h5-6H,3-4H2,1-2H3,(H,14,15). The van der Waals surface area contributed by atoms with Gasteiger partial charge in [-0.1, -0.05) is 6.92 Å². The number of nitrogens with zero attached hydrogens (tertiary/aromatic N) is 1. The molecule has 90 valence electrons. The fourth-order valence-electron chi connectivity index (χ4n) is 1.64. The van der Waals surface area contributed by atoms with E-state index in [2.05, 4.69) is 4.98 Å². The van der Waals surface area contributed by atoms with E-state index in [1.807, 2.05) is 6.92 Å². The van der Waals surface area contributed by atoms with Crippen LogP contribution >= 0.6 is 0 Å². The topological polar surface area (TPSA) is 72.6 Å². The number of fused-ring (bicyclic) bond motifs is 1. The van der Waals surface area contributed by atoms with E-state index in [4.69, 9.17) is 14.3 Å². The Morgan fingerprint density at radius 2 is 2.29 bits per heavy atom. The first-order chi connectivity index (χ1) is 8.15. The predicted molar refractivity (Wildman–Crippen MR) is 61.5 cm³/mol. The lowest BCUT2D eigenvalue weighted by atomic mass is 10.2. The lowest BCUT2D eigenvalue weighted by molar-refractivity contribution is 0.0696. The maximum Gasteiger partial charge on any atom is 0.335 e. The maximum atomic E-state index is 10.9. The summed E-state index contributed by atoms with van der Waals surface area (Å²) in [5, 5.41) is 8.96. The number of ether oxygens (including phenoxy) is 1. The highest BCUT2D eigenvalue weighted by Crippen LogP contribution is 2.28. The fraction of sp³-hybridized carbons (Fsp3) is 0.333. The molecule has 0 aliphatic carbocycles. The Labute approximate surface area is 98.0 Å². The molecule has 0 aliphatic rings. The monoisotopic (exact) mass is 235 g/mol. The van der Waals surface area contributed by atoms with Gasteiger partial charge in [0.1, 0.15) is 5.52 Å². The summed E-state index contributed by atoms with van der Waals surface area (Å²) < 4.78 is 10.6. The van der Waals surface area contributed by atoms with Gasteiger partial charge >= 0.3 is 5.97 Å². The molecule has 1 heterocycles. The van der Waals surface area contributed by atoms with Crippen molar-refractivity contribution in [1.82, 2.24) is 4.98 Å². The van der Waals surface area contributed by atoms with Gasteiger partial charge in [-0.15, -0.1) is 0 Å². The molecule has 0 fully saturated rings. The minimum atomic E-state index is -1.01. The van der Waals surface area contributed by atoms with E-state index in [0.29, 0.717) is 22.7 Å². The van der Waals surface area contributed by atoms with Gasteiger partial charge in [0.2, 0.25) is 0 Å². The SMILES string of the molecule is CCCc1nc2cc(C(=O)O)cc(OC)c2o1. The summed E-state index contributed by atoms with van der Waals surface area (Å²) in [4.78, 5) is 15.2. The second-order valence-electron chi connectivity index (χ2n) is 3.69. The summed E-state index contributed by atoms with van der Waals surface area (Å²) in [7, 11) is 1.47. The quantitative estimate of drug-likeness (QED) is 0.881. The number of oxazole rings is 1. The fourth-order valence-corrected chi connectivity index (χ4v) is 1.64. The van der Waals surface area contributed by atoms with Crippen LogP contribution in [-0.2, 0) is 6.42 Å². The molecule has 0 bridgehead atoms. The van der Waals surface area contributed by atoms with Crippen LogP contribution in [0, 0.1) is 0 Å². The van der Waals surface area contributed by atoms with Crippen molar-refractivity contribution in [2.75, 3.05) is 7.11 Å². The Morgan fingerprint density at radius 3 is 2.88 bits per heavy atom. The van der Waals surface area contributed by atoms with Crippen molar-refractivity contribution in [1.29, 1.82) is 0 Å². The molecule has 1 aromatic heterocycles. The molecule has 0 amide bonds.